The average Bonchev–Trinajstić information content (AvgIpc) is 3.61. The van der Waals surface area contributed by atoms with E-state index in [9.17, 15) is 18.0 Å². The number of rotatable bonds is 9. The first kappa shape index (κ1) is 25.9. The van der Waals surface area contributed by atoms with E-state index in [1.54, 1.807) is 25.9 Å². The maximum Gasteiger partial charge on any atom is 0.270 e. The van der Waals surface area contributed by atoms with E-state index >= 15 is 0 Å². The molecule has 0 spiro atoms. The third kappa shape index (κ3) is 5.96. The van der Waals surface area contributed by atoms with Gasteiger partial charge in [-0.2, -0.15) is 0 Å². The van der Waals surface area contributed by atoms with Crippen LogP contribution in [0.25, 0.3) is 0 Å². The molecule has 10 nitrogen and oxygen atoms in total. The number of nitrogens with one attached hydrogen (secondary N) is 2. The standard InChI is InChI=1S/C24H36N4O6S/c1-24(2)23(30)27(10-5-11-33-3)20-13-19(8-9-21(20)34-24)28(18-6-7-18)22(29)16-12-17(15-25-14-16)26-35(4,31)32/h8-9,13,16-18,25-26H,5-7,10-12,14-15H2,1-4H3. The molecule has 2 amide bonds. The number of benzene rings is 1. The zero-order chi connectivity index (χ0) is 25.4. The fourth-order valence-electron chi connectivity index (χ4n) is 4.86. The van der Waals surface area contributed by atoms with Crippen LogP contribution in [0.15, 0.2) is 18.2 Å². The minimum atomic E-state index is -3.37. The number of hydrogen-bond donors (Lipinski definition) is 2. The predicted molar refractivity (Wildman–Crippen MR) is 133 cm³/mol. The topological polar surface area (TPSA) is 117 Å². The summed E-state index contributed by atoms with van der Waals surface area (Å²) in [6, 6.07) is 5.34. The highest BCUT2D eigenvalue weighted by Gasteiger charge is 2.43. The minimum absolute atomic E-state index is 0.0331. The molecule has 1 aromatic carbocycles. The van der Waals surface area contributed by atoms with Crippen LogP contribution < -0.4 is 24.6 Å². The van der Waals surface area contributed by atoms with Gasteiger partial charge in [0.25, 0.3) is 5.91 Å². The Bertz CT molecular complexity index is 1070. The Kier molecular flexibility index (Phi) is 7.42. The molecule has 2 unspecified atom stereocenters. The van der Waals surface area contributed by atoms with Crippen LogP contribution in [-0.4, -0.2) is 77.5 Å². The molecule has 2 fully saturated rings. The number of carbonyl (C=O) groups excluding carboxylic acids is 2. The van der Waals surface area contributed by atoms with Crippen molar-refractivity contribution in [2.24, 2.45) is 5.92 Å². The number of fused-ring (bicyclic) bond motifs is 1. The number of hydrogen-bond acceptors (Lipinski definition) is 7. The molecule has 1 saturated carbocycles. The Morgan fingerprint density at radius 1 is 1.31 bits per heavy atom. The van der Waals surface area contributed by atoms with Crippen LogP contribution >= 0.6 is 0 Å². The lowest BCUT2D eigenvalue weighted by atomic mass is 9.94. The summed E-state index contributed by atoms with van der Waals surface area (Å²) in [4.78, 5) is 30.4. The second kappa shape index (κ2) is 10.0. The Morgan fingerprint density at radius 2 is 2.06 bits per heavy atom. The molecule has 1 saturated heterocycles. The van der Waals surface area contributed by atoms with Gasteiger partial charge in [0, 0.05) is 51.1 Å². The largest absolute Gasteiger partial charge is 0.476 e. The van der Waals surface area contributed by atoms with Crippen LogP contribution in [0.5, 0.6) is 5.75 Å². The first-order chi connectivity index (χ1) is 16.5. The van der Waals surface area contributed by atoms with E-state index in [1.807, 2.05) is 23.1 Å². The van der Waals surface area contributed by atoms with Crippen molar-refractivity contribution in [1.29, 1.82) is 0 Å². The number of ether oxygens (including phenoxy) is 2. The summed E-state index contributed by atoms with van der Waals surface area (Å²) in [6.45, 7) is 5.51. The van der Waals surface area contributed by atoms with E-state index in [0.29, 0.717) is 50.5 Å². The molecule has 2 atom stereocenters. The quantitative estimate of drug-likeness (QED) is 0.482. The Labute approximate surface area is 207 Å². The maximum absolute atomic E-state index is 13.7. The van der Waals surface area contributed by atoms with Gasteiger partial charge in [-0.3, -0.25) is 9.59 Å². The van der Waals surface area contributed by atoms with Gasteiger partial charge in [0.15, 0.2) is 5.60 Å². The van der Waals surface area contributed by atoms with Crippen LogP contribution in [0.2, 0.25) is 0 Å². The second-order valence-corrected chi connectivity index (χ2v) is 12.0. The molecular weight excluding hydrogens is 472 g/mol. The minimum Gasteiger partial charge on any atom is -0.476 e. The molecule has 2 aliphatic heterocycles. The van der Waals surface area contributed by atoms with Gasteiger partial charge in [0.2, 0.25) is 15.9 Å². The predicted octanol–water partition coefficient (Wildman–Crippen LogP) is 1.25. The monoisotopic (exact) mass is 508 g/mol. The smallest absolute Gasteiger partial charge is 0.270 e. The molecule has 0 bridgehead atoms. The summed E-state index contributed by atoms with van der Waals surface area (Å²) >= 11 is 0. The van der Waals surface area contributed by atoms with Crippen molar-refractivity contribution in [3.63, 3.8) is 0 Å². The molecule has 2 N–H and O–H groups in total. The maximum atomic E-state index is 13.7. The van der Waals surface area contributed by atoms with Crippen molar-refractivity contribution in [3.8, 4) is 5.75 Å². The zero-order valence-corrected chi connectivity index (χ0v) is 21.7. The number of amides is 2. The summed E-state index contributed by atoms with van der Waals surface area (Å²) in [5, 5.41) is 3.20. The first-order valence-corrected chi connectivity index (χ1v) is 14.0. The van der Waals surface area contributed by atoms with Gasteiger partial charge in [-0.1, -0.05) is 0 Å². The number of anilines is 2. The number of sulfonamides is 1. The SMILES string of the molecule is COCCCN1C(=O)C(C)(C)Oc2ccc(N(C(=O)C3CNCC(NS(C)(=O)=O)C3)C3CC3)cc21. The van der Waals surface area contributed by atoms with Crippen molar-refractivity contribution >= 4 is 33.2 Å². The highest BCUT2D eigenvalue weighted by molar-refractivity contribution is 7.88. The lowest BCUT2D eigenvalue weighted by Crippen LogP contribution is -2.53. The van der Waals surface area contributed by atoms with Crippen molar-refractivity contribution in [1.82, 2.24) is 10.0 Å². The van der Waals surface area contributed by atoms with Gasteiger partial charge in [0.05, 0.1) is 17.9 Å². The van der Waals surface area contributed by atoms with Gasteiger partial charge >= 0.3 is 0 Å². The first-order valence-electron chi connectivity index (χ1n) is 12.1. The molecule has 1 aliphatic carbocycles. The van der Waals surface area contributed by atoms with Crippen molar-refractivity contribution in [2.75, 3.05) is 49.4 Å². The van der Waals surface area contributed by atoms with E-state index in [0.717, 1.165) is 24.8 Å². The molecule has 4 rings (SSSR count). The molecule has 1 aromatic rings. The third-order valence-electron chi connectivity index (χ3n) is 6.60. The third-order valence-corrected chi connectivity index (χ3v) is 7.36. The Balaban J connectivity index is 1.60. The van der Waals surface area contributed by atoms with Crippen molar-refractivity contribution < 1.29 is 27.5 Å². The number of carbonyl (C=O) groups is 2. The molecule has 2 heterocycles. The second-order valence-electron chi connectivity index (χ2n) is 10.2. The molecule has 3 aliphatic rings. The van der Waals surface area contributed by atoms with Gasteiger partial charge in [-0.15, -0.1) is 0 Å². The highest BCUT2D eigenvalue weighted by atomic mass is 32.2. The Hall–Kier alpha value is -2.21. The van der Waals surface area contributed by atoms with Crippen LogP contribution in [-0.2, 0) is 24.3 Å². The average molecular weight is 509 g/mol. The number of methoxy groups -OCH3 is 1. The summed E-state index contributed by atoms with van der Waals surface area (Å²) in [5.74, 6) is 0.0907. The number of piperidine rings is 1. The fourth-order valence-corrected chi connectivity index (χ4v) is 5.65. The molecule has 194 valence electrons. The summed E-state index contributed by atoms with van der Waals surface area (Å²) < 4.78 is 37.2. The molecule has 35 heavy (non-hydrogen) atoms. The van der Waals surface area contributed by atoms with Crippen LogP contribution in [0.1, 0.15) is 39.5 Å². The summed E-state index contributed by atoms with van der Waals surface area (Å²) in [5.41, 5.74) is 0.394. The molecule has 11 heteroatoms. The molecular formula is C24H36N4O6S. The zero-order valence-electron chi connectivity index (χ0n) is 20.9. The number of nitrogens with zero attached hydrogens (tertiary/aromatic N) is 2. The Morgan fingerprint density at radius 3 is 2.71 bits per heavy atom. The molecule has 0 radical (unpaired) electrons. The van der Waals surface area contributed by atoms with E-state index in [4.69, 9.17) is 9.47 Å². The summed E-state index contributed by atoms with van der Waals surface area (Å²) in [7, 11) is -1.73. The normalized spacial score (nSPS) is 24.0. The van der Waals surface area contributed by atoms with E-state index in [-0.39, 0.29) is 29.8 Å². The van der Waals surface area contributed by atoms with Crippen LogP contribution in [0.4, 0.5) is 11.4 Å². The van der Waals surface area contributed by atoms with Gasteiger partial charge in [-0.05, 0) is 57.7 Å². The highest BCUT2D eigenvalue weighted by Crippen LogP contribution is 2.42. The van der Waals surface area contributed by atoms with Crippen molar-refractivity contribution in [2.45, 2.75) is 57.2 Å². The molecule has 0 aromatic heterocycles. The van der Waals surface area contributed by atoms with Crippen LogP contribution in [0, 0.1) is 5.92 Å². The van der Waals surface area contributed by atoms with Gasteiger partial charge < -0.3 is 24.6 Å². The van der Waals surface area contributed by atoms with Crippen molar-refractivity contribution in [3.05, 3.63) is 18.2 Å². The summed E-state index contributed by atoms with van der Waals surface area (Å²) in [6.07, 6.45) is 4.06. The fraction of sp³-hybridized carbons (Fsp3) is 0.667. The lowest BCUT2D eigenvalue weighted by Gasteiger charge is -2.40. The van der Waals surface area contributed by atoms with Gasteiger partial charge in [0.1, 0.15) is 5.75 Å². The van der Waals surface area contributed by atoms with Gasteiger partial charge in [-0.25, -0.2) is 13.1 Å². The van der Waals surface area contributed by atoms with E-state index < -0.39 is 15.6 Å². The van der Waals surface area contributed by atoms with Crippen LogP contribution in [0.3, 0.4) is 0 Å². The van der Waals surface area contributed by atoms with E-state index in [1.165, 1.54) is 0 Å². The lowest BCUT2D eigenvalue weighted by molar-refractivity contribution is -0.132. The van der Waals surface area contributed by atoms with E-state index in [2.05, 4.69) is 10.0 Å².